The molecule has 5 unspecified atom stereocenters. The minimum atomic E-state index is -2.17. The van der Waals surface area contributed by atoms with Gasteiger partial charge in [-0.15, -0.1) is 0 Å². The molecule has 14 nitrogen and oxygen atoms in total. The Bertz CT molecular complexity index is 914. The van der Waals surface area contributed by atoms with Crippen molar-refractivity contribution in [2.45, 2.75) is 163 Å². The van der Waals surface area contributed by atoms with Crippen LogP contribution in [-0.4, -0.2) is 150 Å². The number of ether oxygens (including phenoxy) is 3. The summed E-state index contributed by atoms with van der Waals surface area (Å²) in [7, 11) is 0. The van der Waals surface area contributed by atoms with Crippen LogP contribution in [0.4, 0.5) is 0 Å². The molecule has 0 bridgehead atoms. The highest BCUT2D eigenvalue weighted by Gasteiger charge is 2.54. The van der Waals surface area contributed by atoms with Crippen molar-refractivity contribution in [1.82, 2.24) is 0 Å². The molecule has 0 amide bonds. The molecule has 2 fully saturated rings. The summed E-state index contributed by atoms with van der Waals surface area (Å²) >= 11 is 0. The molecule has 13 atom stereocenters. The number of esters is 1. The monoisotopic (exact) mass is 678 g/mol. The topological polar surface area (TPSA) is 247 Å². The second-order valence-corrected chi connectivity index (χ2v) is 12.5. The molecule has 0 aliphatic carbocycles. The molecule has 2 rings (SSSR count). The van der Waals surface area contributed by atoms with Gasteiger partial charge in [-0.25, -0.2) is 0 Å². The van der Waals surface area contributed by atoms with Crippen LogP contribution in [-0.2, 0) is 19.0 Å². The molecule has 0 radical (unpaired) electrons. The minimum absolute atomic E-state index is 0.0960. The second kappa shape index (κ2) is 22.2. The van der Waals surface area contributed by atoms with Gasteiger partial charge in [0.05, 0.1) is 13.2 Å². The summed E-state index contributed by atoms with van der Waals surface area (Å²) < 4.78 is 16.3. The summed E-state index contributed by atoms with van der Waals surface area (Å²) in [5.41, 5.74) is 0. The van der Waals surface area contributed by atoms with E-state index in [4.69, 9.17) is 14.2 Å². The Morgan fingerprint density at radius 1 is 0.660 bits per heavy atom. The largest absolute Gasteiger partial charge is 0.457 e. The van der Waals surface area contributed by atoms with E-state index in [0.29, 0.717) is 12.8 Å². The van der Waals surface area contributed by atoms with Gasteiger partial charge in [0, 0.05) is 6.42 Å². The van der Waals surface area contributed by atoms with Crippen molar-refractivity contribution < 1.29 is 70.1 Å². The van der Waals surface area contributed by atoms with Crippen LogP contribution in [0.5, 0.6) is 0 Å². The Morgan fingerprint density at radius 2 is 1.15 bits per heavy atom. The summed E-state index contributed by atoms with van der Waals surface area (Å²) in [5.74, 6) is -0.835. The number of aliphatic hydroxyl groups is 10. The van der Waals surface area contributed by atoms with E-state index in [1.54, 1.807) is 0 Å². The lowest BCUT2D eigenvalue weighted by Gasteiger charge is -2.46. The van der Waals surface area contributed by atoms with Gasteiger partial charge in [0.1, 0.15) is 73.2 Å². The average molecular weight is 679 g/mol. The first-order valence-corrected chi connectivity index (χ1v) is 17.0. The molecule has 2 aliphatic heterocycles. The van der Waals surface area contributed by atoms with Crippen molar-refractivity contribution in [3.63, 3.8) is 0 Å². The highest BCUT2D eigenvalue weighted by molar-refractivity contribution is 5.69. The van der Waals surface area contributed by atoms with Crippen molar-refractivity contribution in [3.8, 4) is 0 Å². The van der Waals surface area contributed by atoms with E-state index in [1.807, 2.05) is 0 Å². The maximum absolute atomic E-state index is 12.9. The van der Waals surface area contributed by atoms with Crippen molar-refractivity contribution in [1.29, 1.82) is 0 Å². The third-order valence-corrected chi connectivity index (χ3v) is 8.80. The van der Waals surface area contributed by atoms with E-state index >= 15 is 0 Å². The minimum Gasteiger partial charge on any atom is -0.457 e. The zero-order valence-corrected chi connectivity index (χ0v) is 27.3. The molecule has 0 spiro atoms. The van der Waals surface area contributed by atoms with Gasteiger partial charge < -0.3 is 65.3 Å². The maximum Gasteiger partial charge on any atom is 0.306 e. The molecule has 0 aromatic rings. The number of unbranched alkanes of at least 4 members (excludes halogenated alkanes) is 8. The molecule has 274 valence electrons. The molecular formula is C33H58O14. The SMILES string of the molecule is CCCCC/C=C\C/C=C\CCCCCCCC(=O)OC(C(O)C(O)C1O[C@H](CO)[C@H](O)[C@H](O)[C@H]1O)C1O[C@H](CO)[C@H](O)[C@H](O)[C@H]1O. The molecule has 2 aliphatic rings. The van der Waals surface area contributed by atoms with Crippen molar-refractivity contribution in [3.05, 3.63) is 24.3 Å². The molecular weight excluding hydrogens is 620 g/mol. The Balaban J connectivity index is 1.94. The van der Waals surface area contributed by atoms with E-state index in [1.165, 1.54) is 19.3 Å². The van der Waals surface area contributed by atoms with Crippen LogP contribution in [0.25, 0.3) is 0 Å². The quantitative estimate of drug-likeness (QED) is 0.0403. The fraction of sp³-hybridized carbons (Fsp3) is 0.848. The van der Waals surface area contributed by atoms with Crippen LogP contribution in [0.3, 0.4) is 0 Å². The molecule has 0 saturated carbocycles. The fourth-order valence-corrected chi connectivity index (χ4v) is 5.83. The highest BCUT2D eigenvalue weighted by Crippen LogP contribution is 2.31. The summed E-state index contributed by atoms with van der Waals surface area (Å²) in [5, 5.41) is 103. The summed E-state index contributed by atoms with van der Waals surface area (Å²) in [6, 6.07) is 0. The Morgan fingerprint density at radius 3 is 1.70 bits per heavy atom. The normalized spacial score (nSPS) is 33.7. The second-order valence-electron chi connectivity index (χ2n) is 12.5. The van der Waals surface area contributed by atoms with Gasteiger partial charge >= 0.3 is 5.97 Å². The van der Waals surface area contributed by atoms with Gasteiger partial charge in [0.15, 0.2) is 6.10 Å². The van der Waals surface area contributed by atoms with Crippen LogP contribution in [0.15, 0.2) is 24.3 Å². The molecule has 2 saturated heterocycles. The fourth-order valence-electron chi connectivity index (χ4n) is 5.83. The van der Waals surface area contributed by atoms with Crippen molar-refractivity contribution in [2.75, 3.05) is 13.2 Å². The van der Waals surface area contributed by atoms with Crippen LogP contribution < -0.4 is 0 Å². The highest BCUT2D eigenvalue weighted by atomic mass is 16.6. The van der Waals surface area contributed by atoms with Crippen LogP contribution in [0.2, 0.25) is 0 Å². The van der Waals surface area contributed by atoms with E-state index < -0.39 is 98.5 Å². The van der Waals surface area contributed by atoms with E-state index in [9.17, 15) is 55.9 Å². The van der Waals surface area contributed by atoms with E-state index in [2.05, 4.69) is 31.2 Å². The first kappa shape index (κ1) is 41.6. The van der Waals surface area contributed by atoms with Gasteiger partial charge in [-0.1, -0.05) is 63.3 Å². The lowest BCUT2D eigenvalue weighted by atomic mass is 9.85. The summed E-state index contributed by atoms with van der Waals surface area (Å²) in [6.45, 7) is 0.579. The van der Waals surface area contributed by atoms with E-state index in [0.717, 1.165) is 38.5 Å². The number of rotatable bonds is 21. The smallest absolute Gasteiger partial charge is 0.306 e. The summed E-state index contributed by atoms with van der Waals surface area (Å²) in [4.78, 5) is 12.9. The number of hydrogen-bond donors (Lipinski definition) is 10. The number of hydrogen-bond acceptors (Lipinski definition) is 14. The standard InChI is InChI=1S/C33H58O14/c1-2-3-4-5-6-7-8-9-10-11-12-13-14-15-16-17-22(36)47-33(32-28(42)26(40)24(38)21(19-35)46-32)30(44)29(43)31-27(41)25(39)23(37)20(18-34)45-31/h6-7,9-10,20-21,23-35,37-44H,2-5,8,11-19H2,1H3/b7-6-,10-9-/t20-,21-,23+,24+,25+,26+,27-,28-,29?,30?,31?,32?,33?/m1/s1. The van der Waals surface area contributed by atoms with Gasteiger partial charge in [-0.05, 0) is 38.5 Å². The van der Waals surface area contributed by atoms with Gasteiger partial charge in [-0.3, -0.25) is 4.79 Å². The number of aliphatic hydroxyl groups excluding tert-OH is 10. The van der Waals surface area contributed by atoms with Gasteiger partial charge in [0.2, 0.25) is 0 Å². The predicted octanol–water partition coefficient (Wildman–Crippen LogP) is -0.882. The van der Waals surface area contributed by atoms with Crippen LogP contribution in [0, 0.1) is 0 Å². The van der Waals surface area contributed by atoms with Crippen molar-refractivity contribution >= 4 is 5.97 Å². The lowest BCUT2D eigenvalue weighted by Crippen LogP contribution is -2.67. The maximum atomic E-state index is 12.9. The number of allylic oxidation sites excluding steroid dienone is 4. The number of carbonyl (C=O) groups is 1. The summed E-state index contributed by atoms with van der Waals surface area (Å²) in [6.07, 6.45) is -4.44. The third kappa shape index (κ3) is 12.7. The van der Waals surface area contributed by atoms with E-state index in [-0.39, 0.29) is 6.42 Å². The Kier molecular flexibility index (Phi) is 19.7. The zero-order valence-electron chi connectivity index (χ0n) is 27.3. The van der Waals surface area contributed by atoms with Crippen LogP contribution in [0.1, 0.15) is 84.0 Å². The predicted molar refractivity (Wildman–Crippen MR) is 169 cm³/mol. The first-order chi connectivity index (χ1) is 22.5. The van der Waals surface area contributed by atoms with Crippen LogP contribution >= 0.6 is 0 Å². The molecule has 47 heavy (non-hydrogen) atoms. The molecule has 0 aromatic heterocycles. The number of carbonyl (C=O) groups excluding carboxylic acids is 1. The average Bonchev–Trinajstić information content (AvgIpc) is 3.06. The van der Waals surface area contributed by atoms with Gasteiger partial charge in [0.25, 0.3) is 0 Å². The lowest BCUT2D eigenvalue weighted by molar-refractivity contribution is -0.283. The third-order valence-electron chi connectivity index (χ3n) is 8.80. The molecule has 0 aromatic carbocycles. The molecule has 10 N–H and O–H groups in total. The Hall–Kier alpha value is -1.53. The molecule has 14 heteroatoms. The van der Waals surface area contributed by atoms with Crippen molar-refractivity contribution in [2.24, 2.45) is 0 Å². The molecule has 2 heterocycles. The first-order valence-electron chi connectivity index (χ1n) is 17.0. The zero-order chi connectivity index (χ0) is 34.9. The Labute approximate surface area is 276 Å². The van der Waals surface area contributed by atoms with Gasteiger partial charge in [-0.2, -0.15) is 0 Å².